The molecule has 4 nitrogen and oxygen atoms in total. The van der Waals surface area contributed by atoms with Crippen molar-refractivity contribution in [2.45, 2.75) is 5.92 Å². The number of hydrogen-bond donors (Lipinski definition) is 1. The van der Waals surface area contributed by atoms with Gasteiger partial charge in [0.25, 0.3) is 0 Å². The Morgan fingerprint density at radius 3 is 2.62 bits per heavy atom. The summed E-state index contributed by atoms with van der Waals surface area (Å²) in [6.07, 6.45) is 1.65. The summed E-state index contributed by atoms with van der Waals surface area (Å²) >= 11 is 18.9. The number of hydrogen-bond acceptors (Lipinski definition) is 4. The summed E-state index contributed by atoms with van der Waals surface area (Å²) in [6.45, 7) is 0. The molecule has 2 heterocycles. The number of allylic oxidation sites excluding steroid dienone is 1. The van der Waals surface area contributed by atoms with Gasteiger partial charge in [-0.3, -0.25) is 4.98 Å². The fourth-order valence-electron chi connectivity index (χ4n) is 3.16. The van der Waals surface area contributed by atoms with Crippen molar-refractivity contribution in [1.82, 2.24) is 4.98 Å². The molecular weight excluding hydrogens is 393 g/mol. The van der Waals surface area contributed by atoms with Crippen LogP contribution >= 0.6 is 34.8 Å². The second-order valence-corrected chi connectivity index (χ2v) is 7.02. The van der Waals surface area contributed by atoms with E-state index in [4.69, 9.17) is 45.3 Å². The maximum Gasteiger partial charge on any atom is 0.205 e. The van der Waals surface area contributed by atoms with E-state index in [9.17, 15) is 5.26 Å². The minimum absolute atomic E-state index is 0.0188. The summed E-state index contributed by atoms with van der Waals surface area (Å²) in [7, 11) is 0. The van der Waals surface area contributed by atoms with Gasteiger partial charge in [0.05, 0.1) is 10.9 Å². The highest BCUT2D eigenvalue weighted by atomic mass is 35.5. The van der Waals surface area contributed by atoms with E-state index in [0.717, 1.165) is 5.39 Å². The largest absolute Gasteiger partial charge is 0.438 e. The minimum Gasteiger partial charge on any atom is -0.438 e. The fraction of sp³-hybridized carbons (Fsp3) is 0.0526. The first-order valence-electron chi connectivity index (χ1n) is 7.61. The van der Waals surface area contributed by atoms with Crippen LogP contribution in [0.5, 0.6) is 5.75 Å². The van der Waals surface area contributed by atoms with Crippen LogP contribution in [0.4, 0.5) is 0 Å². The molecule has 2 N–H and O–H groups in total. The first-order chi connectivity index (χ1) is 12.5. The second kappa shape index (κ2) is 6.37. The van der Waals surface area contributed by atoms with Crippen molar-refractivity contribution < 1.29 is 4.74 Å². The molecule has 1 atom stereocenters. The lowest BCUT2D eigenvalue weighted by Gasteiger charge is -2.28. The average molecular weight is 403 g/mol. The molecule has 1 unspecified atom stereocenters. The van der Waals surface area contributed by atoms with Crippen molar-refractivity contribution in [3.63, 3.8) is 0 Å². The monoisotopic (exact) mass is 401 g/mol. The molecule has 3 aromatic rings. The van der Waals surface area contributed by atoms with E-state index < -0.39 is 5.92 Å². The molecule has 1 aliphatic heterocycles. The Morgan fingerprint density at radius 1 is 1.08 bits per heavy atom. The molecule has 2 aromatic carbocycles. The van der Waals surface area contributed by atoms with Gasteiger partial charge in [-0.15, -0.1) is 0 Å². The fourth-order valence-corrected chi connectivity index (χ4v) is 3.95. The Balaban J connectivity index is 2.07. The Morgan fingerprint density at radius 2 is 1.88 bits per heavy atom. The lowest BCUT2D eigenvalue weighted by molar-refractivity contribution is 0.397. The van der Waals surface area contributed by atoms with E-state index in [1.165, 1.54) is 0 Å². The van der Waals surface area contributed by atoms with Gasteiger partial charge in [0.2, 0.25) is 5.88 Å². The molecule has 0 saturated carbocycles. The summed E-state index contributed by atoms with van der Waals surface area (Å²) in [6, 6.07) is 12.6. The number of halogens is 3. The molecule has 0 spiro atoms. The molecule has 0 radical (unpaired) electrons. The third kappa shape index (κ3) is 2.57. The molecule has 4 rings (SSSR count). The van der Waals surface area contributed by atoms with Gasteiger partial charge >= 0.3 is 0 Å². The van der Waals surface area contributed by atoms with E-state index in [1.54, 1.807) is 36.5 Å². The van der Waals surface area contributed by atoms with E-state index in [1.807, 2.05) is 6.07 Å². The van der Waals surface area contributed by atoms with E-state index in [2.05, 4.69) is 11.1 Å². The molecular formula is C19H10Cl3N3O. The van der Waals surface area contributed by atoms with Crippen molar-refractivity contribution >= 4 is 45.7 Å². The van der Waals surface area contributed by atoms with Gasteiger partial charge in [-0.1, -0.05) is 40.9 Å². The third-order valence-corrected chi connectivity index (χ3v) is 5.17. The summed E-state index contributed by atoms with van der Waals surface area (Å²) in [5, 5.41) is 11.8. The number of benzene rings is 2. The third-order valence-electron chi connectivity index (χ3n) is 4.30. The van der Waals surface area contributed by atoms with Crippen molar-refractivity contribution in [3.05, 3.63) is 80.2 Å². The molecule has 26 heavy (non-hydrogen) atoms. The molecule has 0 saturated heterocycles. The number of nitrogens with zero attached hydrogens (tertiary/aromatic N) is 2. The van der Waals surface area contributed by atoms with Gasteiger partial charge in [0, 0.05) is 27.2 Å². The average Bonchev–Trinajstić information content (AvgIpc) is 2.62. The standard InChI is InChI=1S/C19H10Cl3N3O/c20-9-3-4-10(14(21)6-9)16-12-7-15(22)11-2-1-5-25-17(11)18(12)26-19(24)13(16)8-23/h1-7,16H,24H2. The zero-order chi connectivity index (χ0) is 18.4. The van der Waals surface area contributed by atoms with E-state index >= 15 is 0 Å². The van der Waals surface area contributed by atoms with Crippen LogP contribution in [0, 0.1) is 11.3 Å². The normalized spacial score (nSPS) is 16.2. The van der Waals surface area contributed by atoms with Gasteiger partial charge in [-0.25, -0.2) is 0 Å². The first-order valence-corrected chi connectivity index (χ1v) is 8.74. The highest BCUT2D eigenvalue weighted by Crippen LogP contribution is 2.48. The number of nitrogens with two attached hydrogens (primary N) is 1. The van der Waals surface area contributed by atoms with Crippen molar-refractivity contribution in [2.24, 2.45) is 5.73 Å². The first kappa shape index (κ1) is 17.0. The molecule has 0 fully saturated rings. The van der Waals surface area contributed by atoms with Gasteiger partial charge < -0.3 is 10.5 Å². The lowest BCUT2D eigenvalue weighted by Crippen LogP contribution is -2.21. The van der Waals surface area contributed by atoms with E-state index in [0.29, 0.717) is 37.5 Å². The SMILES string of the molecule is N#CC1=C(N)Oc2c(cc(Cl)c3cccnc23)C1c1ccc(Cl)cc1Cl. The van der Waals surface area contributed by atoms with Crippen molar-refractivity contribution in [1.29, 1.82) is 5.26 Å². The second-order valence-electron chi connectivity index (χ2n) is 5.77. The number of pyridine rings is 1. The molecule has 128 valence electrons. The highest BCUT2D eigenvalue weighted by Gasteiger charge is 2.34. The van der Waals surface area contributed by atoms with Gasteiger partial charge in [0.15, 0.2) is 5.75 Å². The van der Waals surface area contributed by atoms with Crippen LogP contribution in [0.15, 0.2) is 54.1 Å². The molecule has 0 amide bonds. The summed E-state index contributed by atoms with van der Waals surface area (Å²) < 4.78 is 5.76. The Hall–Kier alpha value is -2.45. The summed E-state index contributed by atoms with van der Waals surface area (Å²) in [5.41, 5.74) is 8.24. The van der Waals surface area contributed by atoms with Crippen LogP contribution in [0.25, 0.3) is 10.9 Å². The van der Waals surface area contributed by atoms with Gasteiger partial charge in [-0.05, 0) is 35.9 Å². The van der Waals surface area contributed by atoms with Crippen LogP contribution in [0.2, 0.25) is 15.1 Å². The molecule has 7 heteroatoms. The predicted molar refractivity (Wildman–Crippen MR) is 103 cm³/mol. The minimum atomic E-state index is -0.530. The topological polar surface area (TPSA) is 71.9 Å². The van der Waals surface area contributed by atoms with Gasteiger partial charge in [0.1, 0.15) is 17.2 Å². The molecule has 1 aliphatic rings. The molecule has 0 aliphatic carbocycles. The van der Waals surface area contributed by atoms with Crippen LogP contribution in [0.1, 0.15) is 17.0 Å². The number of nitriles is 1. The van der Waals surface area contributed by atoms with Crippen molar-refractivity contribution in [3.8, 4) is 11.8 Å². The van der Waals surface area contributed by atoms with Crippen LogP contribution in [-0.2, 0) is 0 Å². The lowest BCUT2D eigenvalue weighted by atomic mass is 9.83. The zero-order valence-corrected chi connectivity index (χ0v) is 15.4. The van der Waals surface area contributed by atoms with Crippen LogP contribution in [0.3, 0.4) is 0 Å². The molecule has 1 aromatic heterocycles. The predicted octanol–water partition coefficient (Wildman–Crippen LogP) is 5.41. The zero-order valence-electron chi connectivity index (χ0n) is 13.1. The van der Waals surface area contributed by atoms with E-state index in [-0.39, 0.29) is 11.5 Å². The van der Waals surface area contributed by atoms with Crippen LogP contribution < -0.4 is 10.5 Å². The smallest absolute Gasteiger partial charge is 0.205 e. The maximum atomic E-state index is 9.66. The maximum absolute atomic E-state index is 9.66. The Kier molecular flexibility index (Phi) is 4.16. The quantitative estimate of drug-likeness (QED) is 0.590. The number of aromatic nitrogens is 1. The van der Waals surface area contributed by atoms with Gasteiger partial charge in [-0.2, -0.15) is 5.26 Å². The summed E-state index contributed by atoms with van der Waals surface area (Å²) in [5.74, 6) is -0.0415. The summed E-state index contributed by atoms with van der Waals surface area (Å²) in [4.78, 5) is 4.38. The number of rotatable bonds is 1. The molecule has 0 bridgehead atoms. The number of ether oxygens (including phenoxy) is 1. The number of fused-ring (bicyclic) bond motifs is 3. The van der Waals surface area contributed by atoms with Crippen LogP contribution in [-0.4, -0.2) is 4.98 Å². The Bertz CT molecular complexity index is 1130. The Labute approximate surface area is 164 Å². The highest BCUT2D eigenvalue weighted by molar-refractivity contribution is 6.36. The van der Waals surface area contributed by atoms with Crippen molar-refractivity contribution in [2.75, 3.05) is 0 Å².